The van der Waals surface area contributed by atoms with Gasteiger partial charge in [0.15, 0.2) is 5.60 Å². The van der Waals surface area contributed by atoms with Crippen LogP contribution in [0.2, 0.25) is 0 Å². The molecule has 3 heteroatoms. The Bertz CT molecular complexity index is 383. The van der Waals surface area contributed by atoms with Crippen LogP contribution in [0.25, 0.3) is 0 Å². The Balaban J connectivity index is 2.66. The first-order valence-corrected chi connectivity index (χ1v) is 6.52. The van der Waals surface area contributed by atoms with E-state index in [-0.39, 0.29) is 5.97 Å². The van der Waals surface area contributed by atoms with Crippen molar-refractivity contribution in [3.8, 4) is 23.9 Å². The van der Waals surface area contributed by atoms with Crippen LogP contribution in [0.1, 0.15) is 52.4 Å². The van der Waals surface area contributed by atoms with Crippen LogP contribution in [0.5, 0.6) is 0 Å². The topological polar surface area (TPSA) is 35.5 Å². The lowest BCUT2D eigenvalue weighted by atomic mass is 9.84. The molecule has 0 aliphatic heterocycles. The Labute approximate surface area is 109 Å². The fraction of sp³-hybridized carbons (Fsp3) is 0.667. The molecule has 0 atom stereocenters. The summed E-state index contributed by atoms with van der Waals surface area (Å²) in [5.74, 6) is 7.26. The van der Waals surface area contributed by atoms with E-state index in [1.54, 1.807) is 6.92 Å². The molecule has 0 unspecified atom stereocenters. The minimum Gasteiger partial charge on any atom is -0.369 e. The van der Waals surface area contributed by atoms with Crippen molar-refractivity contribution in [1.82, 2.24) is 0 Å². The molecular formula is C15H20O3. The summed E-state index contributed by atoms with van der Waals surface area (Å²) in [5, 5.41) is 0. The maximum atomic E-state index is 12.1. The maximum absolute atomic E-state index is 12.1. The van der Waals surface area contributed by atoms with Crippen molar-refractivity contribution >= 4 is 5.97 Å². The predicted octanol–water partition coefficient (Wildman–Crippen LogP) is 2.64. The molecule has 98 valence electrons. The van der Waals surface area contributed by atoms with E-state index in [4.69, 9.17) is 9.47 Å². The van der Waals surface area contributed by atoms with Crippen molar-refractivity contribution in [2.24, 2.45) is 0 Å². The summed E-state index contributed by atoms with van der Waals surface area (Å²) in [4.78, 5) is 12.1. The van der Waals surface area contributed by atoms with Crippen molar-refractivity contribution in [3.05, 3.63) is 0 Å². The monoisotopic (exact) mass is 248 g/mol. The standard InChI is InChI=1S/C15H20O3/c1-3-5-9-13-17-14(16)15(18-12-4-2)10-7-6-8-11-15/h4,6-8,10-12H2,1-2H3. The Morgan fingerprint density at radius 3 is 2.56 bits per heavy atom. The van der Waals surface area contributed by atoms with Gasteiger partial charge in [-0.1, -0.05) is 19.3 Å². The zero-order valence-electron chi connectivity index (χ0n) is 11.2. The van der Waals surface area contributed by atoms with E-state index in [2.05, 4.69) is 23.9 Å². The third-order valence-corrected chi connectivity index (χ3v) is 3.00. The summed E-state index contributed by atoms with van der Waals surface area (Å²) in [7, 11) is 0. The lowest BCUT2D eigenvalue weighted by Crippen LogP contribution is -2.44. The Morgan fingerprint density at radius 1 is 1.22 bits per heavy atom. The second-order valence-corrected chi connectivity index (χ2v) is 4.39. The van der Waals surface area contributed by atoms with Gasteiger partial charge in [-0.3, -0.25) is 0 Å². The van der Waals surface area contributed by atoms with Gasteiger partial charge in [0.25, 0.3) is 0 Å². The molecule has 1 saturated carbocycles. The summed E-state index contributed by atoms with van der Waals surface area (Å²) in [5.41, 5.74) is -0.775. The SMILES string of the molecule is CC#CC#COC(=O)C1(OCCC)CCCCC1. The zero-order valence-corrected chi connectivity index (χ0v) is 11.2. The molecule has 0 bridgehead atoms. The average Bonchev–Trinajstić information content (AvgIpc) is 2.42. The molecule has 18 heavy (non-hydrogen) atoms. The fourth-order valence-electron chi connectivity index (χ4n) is 2.08. The molecule has 0 aromatic carbocycles. The molecule has 1 fully saturated rings. The molecule has 3 nitrogen and oxygen atoms in total. The highest BCUT2D eigenvalue weighted by molar-refractivity contribution is 5.80. The Kier molecular flexibility index (Phi) is 6.33. The summed E-state index contributed by atoms with van der Waals surface area (Å²) in [6, 6.07) is 0. The van der Waals surface area contributed by atoms with Gasteiger partial charge in [0, 0.05) is 12.5 Å². The highest BCUT2D eigenvalue weighted by Gasteiger charge is 2.42. The van der Waals surface area contributed by atoms with Gasteiger partial charge >= 0.3 is 5.97 Å². The largest absolute Gasteiger partial charge is 0.369 e. The van der Waals surface area contributed by atoms with Crippen molar-refractivity contribution in [2.45, 2.75) is 58.0 Å². The molecule has 1 rings (SSSR count). The van der Waals surface area contributed by atoms with Gasteiger partial charge in [-0.15, -0.1) is 0 Å². The van der Waals surface area contributed by atoms with Gasteiger partial charge in [0.05, 0.1) is 0 Å². The number of esters is 1. The maximum Gasteiger partial charge on any atom is 0.352 e. The van der Waals surface area contributed by atoms with Crippen LogP contribution < -0.4 is 0 Å². The van der Waals surface area contributed by atoms with Crippen molar-refractivity contribution < 1.29 is 14.3 Å². The van der Waals surface area contributed by atoms with E-state index < -0.39 is 5.60 Å². The lowest BCUT2D eigenvalue weighted by Gasteiger charge is -2.33. The predicted molar refractivity (Wildman–Crippen MR) is 69.4 cm³/mol. The molecular weight excluding hydrogens is 228 g/mol. The molecule has 1 aliphatic rings. The third kappa shape index (κ3) is 4.09. The number of carbonyl (C=O) groups excluding carboxylic acids is 1. The van der Waals surface area contributed by atoms with Crippen LogP contribution in [0.4, 0.5) is 0 Å². The molecule has 0 N–H and O–H groups in total. The summed E-state index contributed by atoms with van der Waals surface area (Å²) >= 11 is 0. The molecule has 0 amide bonds. The fourth-order valence-corrected chi connectivity index (χ4v) is 2.08. The number of rotatable bonds is 4. The Morgan fingerprint density at radius 2 is 1.94 bits per heavy atom. The van der Waals surface area contributed by atoms with E-state index in [1.165, 1.54) is 0 Å². The molecule has 1 aliphatic carbocycles. The van der Waals surface area contributed by atoms with Gasteiger partial charge < -0.3 is 9.47 Å². The molecule has 0 heterocycles. The summed E-state index contributed by atoms with van der Waals surface area (Å²) in [6.45, 7) is 4.29. The van der Waals surface area contributed by atoms with Gasteiger partial charge in [-0.25, -0.2) is 4.79 Å². The molecule has 0 saturated heterocycles. The van der Waals surface area contributed by atoms with E-state index in [1.807, 2.05) is 6.92 Å². The van der Waals surface area contributed by atoms with Gasteiger partial charge in [-0.2, -0.15) is 0 Å². The third-order valence-electron chi connectivity index (χ3n) is 3.00. The first-order valence-electron chi connectivity index (χ1n) is 6.52. The van der Waals surface area contributed by atoms with Gasteiger partial charge in [0.2, 0.25) is 0 Å². The summed E-state index contributed by atoms with van der Waals surface area (Å²) in [6.07, 6.45) is 7.83. The molecule has 0 spiro atoms. The van der Waals surface area contributed by atoms with E-state index in [9.17, 15) is 4.79 Å². The van der Waals surface area contributed by atoms with Crippen LogP contribution in [0, 0.1) is 23.9 Å². The van der Waals surface area contributed by atoms with Crippen LogP contribution in [-0.2, 0) is 14.3 Å². The van der Waals surface area contributed by atoms with Crippen molar-refractivity contribution in [3.63, 3.8) is 0 Å². The van der Waals surface area contributed by atoms with Crippen LogP contribution in [0.3, 0.4) is 0 Å². The molecule has 0 radical (unpaired) electrons. The van der Waals surface area contributed by atoms with Crippen LogP contribution in [-0.4, -0.2) is 18.2 Å². The van der Waals surface area contributed by atoms with E-state index >= 15 is 0 Å². The molecule has 0 aromatic heterocycles. The number of hydrogen-bond donors (Lipinski definition) is 0. The first kappa shape index (κ1) is 14.6. The van der Waals surface area contributed by atoms with Crippen molar-refractivity contribution in [2.75, 3.05) is 6.61 Å². The number of carbonyl (C=O) groups is 1. The molecule has 0 aromatic rings. The van der Waals surface area contributed by atoms with E-state index in [0.29, 0.717) is 6.61 Å². The number of hydrogen-bond acceptors (Lipinski definition) is 3. The van der Waals surface area contributed by atoms with Crippen LogP contribution in [0.15, 0.2) is 0 Å². The minimum absolute atomic E-state index is 0.360. The average molecular weight is 248 g/mol. The lowest BCUT2D eigenvalue weighted by molar-refractivity contribution is -0.170. The number of ether oxygens (including phenoxy) is 2. The minimum atomic E-state index is -0.775. The van der Waals surface area contributed by atoms with Gasteiger partial charge in [-0.05, 0) is 44.9 Å². The quantitative estimate of drug-likeness (QED) is 0.567. The van der Waals surface area contributed by atoms with E-state index in [0.717, 1.165) is 38.5 Å². The van der Waals surface area contributed by atoms with Gasteiger partial charge in [0.1, 0.15) is 6.11 Å². The van der Waals surface area contributed by atoms with Crippen molar-refractivity contribution in [1.29, 1.82) is 0 Å². The first-order chi connectivity index (χ1) is 8.75. The Hall–Kier alpha value is -1.45. The normalized spacial score (nSPS) is 16.8. The van der Waals surface area contributed by atoms with Crippen LogP contribution >= 0.6 is 0 Å². The summed E-state index contributed by atoms with van der Waals surface area (Å²) < 4.78 is 10.7. The smallest absolute Gasteiger partial charge is 0.352 e. The highest BCUT2D eigenvalue weighted by Crippen LogP contribution is 2.32. The highest BCUT2D eigenvalue weighted by atomic mass is 16.6. The second kappa shape index (κ2) is 7.80. The zero-order chi connectivity index (χ0) is 13.3. The second-order valence-electron chi connectivity index (χ2n) is 4.39.